The number of aromatic nitrogens is 1. The first-order valence-electron chi connectivity index (χ1n) is 7.34. The van der Waals surface area contributed by atoms with Gasteiger partial charge in [-0.1, -0.05) is 36.4 Å². The summed E-state index contributed by atoms with van der Waals surface area (Å²) in [6.45, 7) is 0. The van der Waals surface area contributed by atoms with Gasteiger partial charge in [-0.3, -0.25) is 14.6 Å². The molecule has 1 aromatic carbocycles. The van der Waals surface area contributed by atoms with Crippen molar-refractivity contribution in [2.24, 2.45) is 0 Å². The van der Waals surface area contributed by atoms with Gasteiger partial charge in [-0.15, -0.1) is 11.3 Å². The van der Waals surface area contributed by atoms with E-state index >= 15 is 0 Å². The van der Waals surface area contributed by atoms with Gasteiger partial charge in [-0.05, 0) is 29.1 Å². The fourth-order valence-corrected chi connectivity index (χ4v) is 2.83. The third-order valence-corrected chi connectivity index (χ3v) is 4.21. The molecule has 0 saturated heterocycles. The Labute approximate surface area is 143 Å². The summed E-state index contributed by atoms with van der Waals surface area (Å²) in [4.78, 5) is 29.6. The Hall–Kier alpha value is -2.99. The monoisotopic (exact) mass is 337 g/mol. The minimum atomic E-state index is -0.791. The highest BCUT2D eigenvalue weighted by Gasteiger charge is 2.23. The van der Waals surface area contributed by atoms with Gasteiger partial charge in [0.15, 0.2) is 0 Å². The molecule has 2 N–H and O–H groups in total. The van der Waals surface area contributed by atoms with Crippen molar-refractivity contribution in [1.82, 2.24) is 10.3 Å². The Bertz CT molecular complexity index is 805. The maximum atomic E-state index is 12.7. The maximum Gasteiger partial charge on any atom is 0.262 e. The van der Waals surface area contributed by atoms with E-state index in [1.54, 1.807) is 36.7 Å². The number of anilines is 1. The zero-order valence-corrected chi connectivity index (χ0v) is 13.5. The van der Waals surface area contributed by atoms with Gasteiger partial charge >= 0.3 is 0 Å². The predicted octanol–water partition coefficient (Wildman–Crippen LogP) is 3.25. The predicted molar refractivity (Wildman–Crippen MR) is 93.8 cm³/mol. The number of nitrogens with zero attached hydrogens (tertiary/aromatic N) is 1. The van der Waals surface area contributed by atoms with E-state index in [0.717, 1.165) is 0 Å². The fraction of sp³-hybridized carbons (Fsp3) is 0.0556. The average molecular weight is 337 g/mol. The lowest BCUT2D eigenvalue weighted by Gasteiger charge is -2.18. The lowest BCUT2D eigenvalue weighted by Crippen LogP contribution is -2.36. The van der Waals surface area contributed by atoms with E-state index in [2.05, 4.69) is 15.6 Å². The summed E-state index contributed by atoms with van der Waals surface area (Å²) in [7, 11) is 0. The van der Waals surface area contributed by atoms with Crippen LogP contribution in [0.15, 0.2) is 72.4 Å². The second kappa shape index (κ2) is 7.52. The molecule has 6 heteroatoms. The Morgan fingerprint density at radius 3 is 2.50 bits per heavy atom. The van der Waals surface area contributed by atoms with Gasteiger partial charge in [-0.2, -0.15) is 0 Å². The number of thiophene rings is 1. The van der Waals surface area contributed by atoms with Crippen LogP contribution in [0.25, 0.3) is 0 Å². The third kappa shape index (κ3) is 3.85. The van der Waals surface area contributed by atoms with Gasteiger partial charge in [0.2, 0.25) is 0 Å². The highest BCUT2D eigenvalue weighted by atomic mass is 32.1. The number of amides is 2. The molecular weight excluding hydrogens is 322 g/mol. The van der Waals surface area contributed by atoms with Crippen LogP contribution >= 0.6 is 11.3 Å². The molecule has 0 saturated carbocycles. The van der Waals surface area contributed by atoms with Crippen LogP contribution in [-0.2, 0) is 4.79 Å². The van der Waals surface area contributed by atoms with E-state index in [-0.39, 0.29) is 11.8 Å². The normalized spacial score (nSPS) is 11.5. The van der Waals surface area contributed by atoms with Gasteiger partial charge in [0.1, 0.15) is 6.04 Å². The van der Waals surface area contributed by atoms with Crippen molar-refractivity contribution in [1.29, 1.82) is 0 Å². The summed E-state index contributed by atoms with van der Waals surface area (Å²) in [5, 5.41) is 7.39. The van der Waals surface area contributed by atoms with Crippen LogP contribution in [0.1, 0.15) is 21.3 Å². The molecule has 2 aromatic heterocycles. The molecule has 5 nitrogen and oxygen atoms in total. The minimum Gasteiger partial charge on any atom is -0.336 e. The zero-order chi connectivity index (χ0) is 16.8. The molecular formula is C18H15N3O2S. The molecule has 0 fully saturated rings. The average Bonchev–Trinajstić information content (AvgIpc) is 3.16. The van der Waals surface area contributed by atoms with Crippen LogP contribution in [-0.4, -0.2) is 16.8 Å². The number of pyridine rings is 1. The van der Waals surface area contributed by atoms with Crippen molar-refractivity contribution < 1.29 is 9.59 Å². The van der Waals surface area contributed by atoms with E-state index in [0.29, 0.717) is 16.1 Å². The van der Waals surface area contributed by atoms with Crippen molar-refractivity contribution >= 4 is 28.8 Å². The molecule has 0 aliphatic heterocycles. The largest absolute Gasteiger partial charge is 0.336 e. The van der Waals surface area contributed by atoms with E-state index in [4.69, 9.17) is 0 Å². The number of rotatable bonds is 5. The van der Waals surface area contributed by atoms with Crippen LogP contribution in [0.5, 0.6) is 0 Å². The van der Waals surface area contributed by atoms with Crippen LogP contribution in [0.2, 0.25) is 0 Å². The smallest absolute Gasteiger partial charge is 0.262 e. The fourth-order valence-electron chi connectivity index (χ4n) is 2.21. The third-order valence-electron chi connectivity index (χ3n) is 3.34. The number of carbonyl (C=O) groups excluding carboxylic acids is 2. The SMILES string of the molecule is O=C(N[C@@H](C(=O)Nc1cccnc1)c1ccccc1)c1cccs1. The molecule has 3 rings (SSSR count). The van der Waals surface area contributed by atoms with Crippen LogP contribution < -0.4 is 10.6 Å². The Kier molecular flexibility index (Phi) is 4.98. The van der Waals surface area contributed by atoms with Gasteiger partial charge < -0.3 is 10.6 Å². The van der Waals surface area contributed by atoms with E-state index in [1.807, 2.05) is 35.7 Å². The van der Waals surface area contributed by atoms with E-state index < -0.39 is 6.04 Å². The van der Waals surface area contributed by atoms with Gasteiger partial charge in [-0.25, -0.2) is 0 Å². The molecule has 0 unspecified atom stereocenters. The number of nitrogens with one attached hydrogen (secondary N) is 2. The minimum absolute atomic E-state index is 0.278. The first kappa shape index (κ1) is 15.9. The Morgan fingerprint density at radius 1 is 1.00 bits per heavy atom. The maximum absolute atomic E-state index is 12.7. The van der Waals surface area contributed by atoms with Gasteiger partial charge in [0.05, 0.1) is 16.8 Å². The van der Waals surface area contributed by atoms with Gasteiger partial charge in [0, 0.05) is 6.20 Å². The lowest BCUT2D eigenvalue weighted by atomic mass is 10.1. The summed E-state index contributed by atoms with van der Waals surface area (Å²) in [5.74, 6) is -0.598. The molecule has 1 atom stereocenters. The topological polar surface area (TPSA) is 71.1 Å². The molecule has 0 radical (unpaired) electrons. The summed E-state index contributed by atoms with van der Waals surface area (Å²) >= 11 is 1.33. The number of hydrogen-bond donors (Lipinski definition) is 2. The molecule has 3 aromatic rings. The van der Waals surface area contributed by atoms with Gasteiger partial charge in [0.25, 0.3) is 11.8 Å². The second-order valence-electron chi connectivity index (χ2n) is 5.03. The molecule has 120 valence electrons. The van der Waals surface area contributed by atoms with Crippen molar-refractivity contribution in [3.8, 4) is 0 Å². The highest BCUT2D eigenvalue weighted by Crippen LogP contribution is 2.17. The molecule has 0 bridgehead atoms. The van der Waals surface area contributed by atoms with E-state index in [9.17, 15) is 9.59 Å². The summed E-state index contributed by atoms with van der Waals surface area (Å²) in [6.07, 6.45) is 3.18. The van der Waals surface area contributed by atoms with E-state index in [1.165, 1.54) is 11.3 Å². The highest BCUT2D eigenvalue weighted by molar-refractivity contribution is 7.12. The zero-order valence-electron chi connectivity index (χ0n) is 12.7. The van der Waals surface area contributed by atoms with Crippen LogP contribution in [0.4, 0.5) is 5.69 Å². The molecule has 0 aliphatic carbocycles. The summed E-state index contributed by atoms with van der Waals surface area (Å²) in [5.41, 5.74) is 1.29. The van der Waals surface area contributed by atoms with Crippen LogP contribution in [0.3, 0.4) is 0 Å². The molecule has 0 aliphatic rings. The number of hydrogen-bond acceptors (Lipinski definition) is 4. The summed E-state index contributed by atoms with van der Waals surface area (Å²) in [6, 6.07) is 15.3. The molecule has 2 heterocycles. The van der Waals surface area contributed by atoms with Crippen LogP contribution in [0, 0.1) is 0 Å². The van der Waals surface area contributed by atoms with Crippen molar-refractivity contribution in [2.45, 2.75) is 6.04 Å². The quantitative estimate of drug-likeness (QED) is 0.751. The second-order valence-corrected chi connectivity index (χ2v) is 5.97. The Balaban J connectivity index is 1.82. The lowest BCUT2D eigenvalue weighted by molar-refractivity contribution is -0.118. The molecule has 24 heavy (non-hydrogen) atoms. The first-order valence-corrected chi connectivity index (χ1v) is 8.22. The van der Waals surface area contributed by atoms with Crippen molar-refractivity contribution in [2.75, 3.05) is 5.32 Å². The standard InChI is InChI=1S/C18H15N3O2S/c22-17(15-9-5-11-24-15)21-16(13-6-2-1-3-7-13)18(23)20-14-8-4-10-19-12-14/h1-12,16H,(H,20,23)(H,21,22)/t16-/m1/s1. The molecule has 0 spiro atoms. The number of carbonyl (C=O) groups is 2. The first-order chi connectivity index (χ1) is 11.7. The Morgan fingerprint density at radius 2 is 1.83 bits per heavy atom. The van der Waals surface area contributed by atoms with Crippen molar-refractivity contribution in [3.63, 3.8) is 0 Å². The van der Waals surface area contributed by atoms with Crippen molar-refractivity contribution in [3.05, 3.63) is 82.8 Å². The summed E-state index contributed by atoms with van der Waals surface area (Å²) < 4.78 is 0. The number of benzene rings is 1. The molecule has 2 amide bonds.